The van der Waals surface area contributed by atoms with Crippen LogP contribution < -0.4 is 10.1 Å². The van der Waals surface area contributed by atoms with E-state index in [1.54, 1.807) is 24.3 Å². The van der Waals surface area contributed by atoms with Crippen LogP contribution in [0.15, 0.2) is 60.7 Å². The molecule has 2 N–H and O–H groups in total. The topological polar surface area (TPSA) is 75.6 Å². The van der Waals surface area contributed by atoms with Crippen molar-refractivity contribution in [2.45, 2.75) is 61.7 Å². The molecule has 5 atom stereocenters. The maximum Gasteiger partial charge on any atom is 0.416 e. The number of rotatable bonds is 7. The maximum absolute atomic E-state index is 13.8. The van der Waals surface area contributed by atoms with E-state index in [-0.39, 0.29) is 22.2 Å². The summed E-state index contributed by atoms with van der Waals surface area (Å²) in [5, 5.41) is 14.7. The van der Waals surface area contributed by atoms with E-state index in [2.05, 4.69) is 21.2 Å². The second kappa shape index (κ2) is 9.79. The van der Waals surface area contributed by atoms with Crippen LogP contribution in [-0.4, -0.2) is 27.3 Å². The number of benzene rings is 3. The Hall–Kier alpha value is -3.07. The smallest absolute Gasteiger partial charge is 0.416 e. The molecular weight excluding hydrogens is 587 g/mol. The third kappa shape index (κ3) is 4.97. The molecule has 0 aromatic heterocycles. The van der Waals surface area contributed by atoms with Crippen LogP contribution in [0.25, 0.3) is 10.8 Å². The summed E-state index contributed by atoms with van der Waals surface area (Å²) in [6, 6.07) is 14.4. The predicted molar refractivity (Wildman–Crippen MR) is 147 cm³/mol. The number of carbonyl (C=O) groups is 2. The van der Waals surface area contributed by atoms with Crippen LogP contribution in [-0.2, 0) is 17.6 Å². The molecule has 40 heavy (non-hydrogen) atoms. The Balaban J connectivity index is 1.29. The van der Waals surface area contributed by atoms with E-state index in [1.165, 1.54) is 12.1 Å². The van der Waals surface area contributed by atoms with Gasteiger partial charge < -0.3 is 15.2 Å². The van der Waals surface area contributed by atoms with Gasteiger partial charge in [-0.25, -0.2) is 4.79 Å². The fourth-order valence-electron chi connectivity index (χ4n) is 7.77. The molecule has 0 saturated heterocycles. The molecular formula is C31H29BrF3NO4. The molecule has 0 radical (unpaired) electrons. The van der Waals surface area contributed by atoms with E-state index in [4.69, 9.17) is 4.74 Å². The molecule has 5 nitrogen and oxygen atoms in total. The zero-order valence-corrected chi connectivity index (χ0v) is 23.2. The summed E-state index contributed by atoms with van der Waals surface area (Å²) in [6.45, 7) is -0.0613. The lowest BCUT2D eigenvalue weighted by molar-refractivity contribution is -0.149. The number of hydrogen-bond donors (Lipinski definition) is 2. The second-order valence-electron chi connectivity index (χ2n) is 11.9. The number of halogens is 4. The van der Waals surface area contributed by atoms with Gasteiger partial charge in [-0.3, -0.25) is 4.79 Å². The van der Waals surface area contributed by atoms with Crippen molar-refractivity contribution in [3.8, 4) is 5.75 Å². The normalized spacial score (nSPS) is 27.9. The van der Waals surface area contributed by atoms with Crippen LogP contribution in [0.4, 0.5) is 13.2 Å². The van der Waals surface area contributed by atoms with E-state index in [1.807, 2.05) is 12.1 Å². The van der Waals surface area contributed by atoms with Gasteiger partial charge in [0, 0.05) is 15.1 Å². The fraction of sp³-hybridized carbons (Fsp3) is 0.419. The van der Waals surface area contributed by atoms with Crippen molar-refractivity contribution >= 4 is 38.6 Å². The molecule has 9 heteroatoms. The Morgan fingerprint density at radius 3 is 2.30 bits per heavy atom. The van der Waals surface area contributed by atoms with Gasteiger partial charge in [-0.1, -0.05) is 58.4 Å². The minimum absolute atomic E-state index is 0.0613. The lowest BCUT2D eigenvalue weighted by Crippen LogP contribution is -2.63. The largest absolute Gasteiger partial charge is 0.487 e. The number of carbonyl (C=O) groups excluding carboxylic acids is 1. The van der Waals surface area contributed by atoms with Crippen LogP contribution >= 0.6 is 15.9 Å². The fourth-order valence-corrected chi connectivity index (χ4v) is 9.24. The second-order valence-corrected chi connectivity index (χ2v) is 13.5. The van der Waals surface area contributed by atoms with Gasteiger partial charge >= 0.3 is 12.1 Å². The first-order valence-corrected chi connectivity index (χ1v) is 14.3. The van der Waals surface area contributed by atoms with Crippen molar-refractivity contribution in [1.29, 1.82) is 0 Å². The number of aliphatic carboxylic acids is 1. The summed E-state index contributed by atoms with van der Waals surface area (Å²) in [6.07, 6.45) is 1.02. The zero-order chi connectivity index (χ0) is 28.3. The van der Waals surface area contributed by atoms with Crippen LogP contribution in [0.5, 0.6) is 5.75 Å². The summed E-state index contributed by atoms with van der Waals surface area (Å²) >= 11 is 3.93. The standard InChI is InChI=1S/C31H29BrF3NO4/c32-30-14-19-11-20(15-30)13-29(12-19,17-30)26(28(38)39)36-27(37)24-10-7-21-3-1-2-4-23(21)25(24)40-16-18-5-8-22(9-6-18)31(33,34)35/h1-10,19-20,26H,11-17H2,(H,36,37)(H,38,39)/t19-,20+,26-,29?,30?/m1/s1. The van der Waals surface area contributed by atoms with Crippen LogP contribution in [0.1, 0.15) is 60.0 Å². The molecule has 0 aliphatic heterocycles. The maximum atomic E-state index is 13.8. The average molecular weight is 616 g/mol. The molecule has 1 amide bonds. The quantitative estimate of drug-likeness (QED) is 0.272. The molecule has 3 aromatic carbocycles. The van der Waals surface area contributed by atoms with Crippen molar-refractivity contribution in [3.63, 3.8) is 0 Å². The summed E-state index contributed by atoms with van der Waals surface area (Å²) in [5.41, 5.74) is -0.578. The third-order valence-electron chi connectivity index (χ3n) is 8.96. The monoisotopic (exact) mass is 615 g/mol. The van der Waals surface area contributed by atoms with Crippen molar-refractivity contribution in [2.24, 2.45) is 17.3 Å². The number of hydrogen-bond acceptors (Lipinski definition) is 3. The van der Waals surface area contributed by atoms with Gasteiger partial charge in [0.2, 0.25) is 0 Å². The SMILES string of the molecule is O=C(N[C@H](C(=O)O)C12C[C@@H]3C[C@@H](CC(Br)(C3)C1)C2)c1ccc2ccccc2c1OCc1ccc(C(F)(F)F)cc1. The number of amides is 1. The summed E-state index contributed by atoms with van der Waals surface area (Å²) in [4.78, 5) is 26.4. The number of alkyl halides is 4. The van der Waals surface area contributed by atoms with Gasteiger partial charge in [-0.2, -0.15) is 13.2 Å². The van der Waals surface area contributed by atoms with Gasteiger partial charge in [0.25, 0.3) is 5.91 Å². The minimum Gasteiger partial charge on any atom is -0.487 e. The molecule has 4 bridgehead atoms. The molecule has 210 valence electrons. The van der Waals surface area contributed by atoms with E-state index < -0.39 is 35.1 Å². The number of ether oxygens (including phenoxy) is 1. The summed E-state index contributed by atoms with van der Waals surface area (Å²) in [5.74, 6) is -0.424. The first kappa shape index (κ1) is 27.1. The minimum atomic E-state index is -4.44. The van der Waals surface area contributed by atoms with Crippen molar-refractivity contribution in [2.75, 3.05) is 0 Å². The molecule has 4 aliphatic carbocycles. The molecule has 3 aromatic rings. The highest BCUT2D eigenvalue weighted by atomic mass is 79.9. The van der Waals surface area contributed by atoms with E-state index in [0.717, 1.165) is 49.6 Å². The van der Waals surface area contributed by atoms with Crippen molar-refractivity contribution in [3.05, 3.63) is 77.4 Å². The first-order chi connectivity index (χ1) is 18.9. The Kier molecular flexibility index (Phi) is 6.63. The number of fused-ring (bicyclic) bond motifs is 1. The average Bonchev–Trinajstić information content (AvgIpc) is 2.88. The molecule has 4 fully saturated rings. The van der Waals surface area contributed by atoms with Gasteiger partial charge in [-0.15, -0.1) is 0 Å². The Labute approximate surface area is 238 Å². The van der Waals surface area contributed by atoms with Crippen molar-refractivity contribution < 1.29 is 32.6 Å². The van der Waals surface area contributed by atoms with Gasteiger partial charge in [-0.05, 0) is 79.5 Å². The van der Waals surface area contributed by atoms with Gasteiger partial charge in [0.05, 0.1) is 11.1 Å². The van der Waals surface area contributed by atoms with E-state index in [0.29, 0.717) is 29.2 Å². The predicted octanol–water partition coefficient (Wildman–Crippen LogP) is 7.35. The van der Waals surface area contributed by atoms with E-state index >= 15 is 0 Å². The van der Waals surface area contributed by atoms with Crippen molar-refractivity contribution in [1.82, 2.24) is 5.32 Å². The lowest BCUT2D eigenvalue weighted by atomic mass is 9.47. The van der Waals surface area contributed by atoms with Crippen LogP contribution in [0, 0.1) is 17.3 Å². The highest BCUT2D eigenvalue weighted by Crippen LogP contribution is 2.65. The van der Waals surface area contributed by atoms with Gasteiger partial charge in [0.15, 0.2) is 0 Å². The lowest BCUT2D eigenvalue weighted by Gasteiger charge is -2.61. The summed E-state index contributed by atoms with van der Waals surface area (Å²) < 4.78 is 45.0. The number of nitrogens with one attached hydrogen (secondary N) is 1. The Morgan fingerprint density at radius 1 is 1.00 bits per heavy atom. The molecule has 4 saturated carbocycles. The zero-order valence-electron chi connectivity index (χ0n) is 21.6. The highest BCUT2D eigenvalue weighted by molar-refractivity contribution is 9.10. The summed E-state index contributed by atoms with van der Waals surface area (Å²) in [7, 11) is 0. The first-order valence-electron chi connectivity index (χ1n) is 13.5. The number of carboxylic acid groups (broad SMARTS) is 1. The van der Waals surface area contributed by atoms with Crippen LogP contribution in [0.2, 0.25) is 0 Å². The van der Waals surface area contributed by atoms with Crippen LogP contribution in [0.3, 0.4) is 0 Å². The van der Waals surface area contributed by atoms with Gasteiger partial charge in [0.1, 0.15) is 18.4 Å². The van der Waals surface area contributed by atoms with E-state index in [9.17, 15) is 27.9 Å². The number of carboxylic acids is 1. The molecule has 2 unspecified atom stereocenters. The molecule has 0 heterocycles. The molecule has 4 aliphatic rings. The third-order valence-corrected chi connectivity index (χ3v) is 9.89. The Bertz CT molecular complexity index is 1460. The Morgan fingerprint density at radius 2 is 1.68 bits per heavy atom. The molecule has 7 rings (SSSR count). The molecule has 0 spiro atoms. The highest BCUT2D eigenvalue weighted by Gasteiger charge is 2.61.